The number of aromatic nitrogens is 2. The van der Waals surface area contributed by atoms with Gasteiger partial charge < -0.3 is 19.9 Å². The Morgan fingerprint density at radius 3 is 2.38 bits per heavy atom. The number of anilines is 1. The maximum atomic E-state index is 12.4. The van der Waals surface area contributed by atoms with E-state index >= 15 is 0 Å². The number of hydrogen-bond donors (Lipinski definition) is 1. The molecule has 1 aromatic carbocycles. The number of rotatable bonds is 5. The van der Waals surface area contributed by atoms with Crippen LogP contribution in [-0.2, 0) is 6.54 Å². The Morgan fingerprint density at radius 2 is 1.77 bits per heavy atom. The van der Waals surface area contributed by atoms with Gasteiger partial charge in [0.05, 0.1) is 6.10 Å². The molecule has 0 radical (unpaired) electrons. The highest BCUT2D eigenvalue weighted by Crippen LogP contribution is 2.14. The van der Waals surface area contributed by atoms with E-state index in [-0.39, 0.29) is 12.1 Å². The number of carbonyl (C=O) groups excluding carboxylic acids is 1. The van der Waals surface area contributed by atoms with Gasteiger partial charge in [0.15, 0.2) is 0 Å². The second-order valence-corrected chi connectivity index (χ2v) is 6.49. The normalized spacial score (nSPS) is 14.4. The molecule has 1 saturated heterocycles. The van der Waals surface area contributed by atoms with Crippen molar-refractivity contribution in [3.05, 3.63) is 48.3 Å². The van der Waals surface area contributed by atoms with Gasteiger partial charge in [-0.2, -0.15) is 0 Å². The minimum Gasteiger partial charge on any atom is -0.491 e. The third-order valence-electron chi connectivity index (χ3n) is 4.14. The zero-order valence-corrected chi connectivity index (χ0v) is 15.3. The second kappa shape index (κ2) is 8.51. The van der Waals surface area contributed by atoms with Crippen LogP contribution >= 0.6 is 0 Å². The molecule has 138 valence electrons. The first-order valence-corrected chi connectivity index (χ1v) is 8.92. The van der Waals surface area contributed by atoms with Gasteiger partial charge in [-0.3, -0.25) is 0 Å². The van der Waals surface area contributed by atoms with Gasteiger partial charge in [-0.1, -0.05) is 12.1 Å². The minimum absolute atomic E-state index is 0.0406. The van der Waals surface area contributed by atoms with E-state index in [1.165, 1.54) is 0 Å². The van der Waals surface area contributed by atoms with Gasteiger partial charge in [-0.05, 0) is 37.6 Å². The molecule has 2 heterocycles. The molecule has 0 atom stereocenters. The molecule has 0 unspecified atom stereocenters. The number of ether oxygens (including phenoxy) is 1. The fourth-order valence-electron chi connectivity index (χ4n) is 2.81. The van der Waals surface area contributed by atoms with Crippen molar-refractivity contribution in [1.29, 1.82) is 0 Å². The third kappa shape index (κ3) is 4.84. The van der Waals surface area contributed by atoms with Gasteiger partial charge in [0.2, 0.25) is 5.95 Å². The monoisotopic (exact) mass is 355 g/mol. The molecule has 1 fully saturated rings. The first-order valence-electron chi connectivity index (χ1n) is 8.92. The zero-order chi connectivity index (χ0) is 18.4. The van der Waals surface area contributed by atoms with Crippen LogP contribution in [-0.4, -0.2) is 53.2 Å². The molecule has 1 aliphatic heterocycles. The number of urea groups is 1. The van der Waals surface area contributed by atoms with Crippen LogP contribution in [0.2, 0.25) is 0 Å². The lowest BCUT2D eigenvalue weighted by Gasteiger charge is -2.34. The topological polar surface area (TPSA) is 70.6 Å². The summed E-state index contributed by atoms with van der Waals surface area (Å²) in [5.41, 5.74) is 1.05. The lowest BCUT2D eigenvalue weighted by atomic mass is 10.2. The lowest BCUT2D eigenvalue weighted by Crippen LogP contribution is -2.52. The smallest absolute Gasteiger partial charge is 0.317 e. The van der Waals surface area contributed by atoms with Crippen LogP contribution in [0.5, 0.6) is 5.75 Å². The fourth-order valence-corrected chi connectivity index (χ4v) is 2.81. The van der Waals surface area contributed by atoms with E-state index in [4.69, 9.17) is 4.74 Å². The maximum Gasteiger partial charge on any atom is 0.317 e. The minimum atomic E-state index is -0.0406. The highest BCUT2D eigenvalue weighted by molar-refractivity contribution is 5.74. The van der Waals surface area contributed by atoms with E-state index in [1.54, 1.807) is 18.5 Å². The van der Waals surface area contributed by atoms with Gasteiger partial charge in [0.1, 0.15) is 5.75 Å². The summed E-state index contributed by atoms with van der Waals surface area (Å²) in [6.07, 6.45) is 3.62. The SMILES string of the molecule is CC(C)Oc1ccc(CNC(=O)N2CCN(c3ncccn3)CC2)cc1. The molecule has 1 aromatic heterocycles. The summed E-state index contributed by atoms with van der Waals surface area (Å²) in [6.45, 7) is 7.28. The fraction of sp³-hybridized carbons (Fsp3) is 0.421. The van der Waals surface area contributed by atoms with Crippen LogP contribution in [0.3, 0.4) is 0 Å². The highest BCUT2D eigenvalue weighted by atomic mass is 16.5. The Balaban J connectivity index is 1.44. The van der Waals surface area contributed by atoms with E-state index in [1.807, 2.05) is 43.0 Å². The van der Waals surface area contributed by atoms with Crippen LogP contribution < -0.4 is 15.0 Å². The highest BCUT2D eigenvalue weighted by Gasteiger charge is 2.22. The van der Waals surface area contributed by atoms with Crippen molar-refractivity contribution < 1.29 is 9.53 Å². The number of benzene rings is 1. The van der Waals surface area contributed by atoms with Crippen LogP contribution in [0.1, 0.15) is 19.4 Å². The Morgan fingerprint density at radius 1 is 1.12 bits per heavy atom. The predicted molar refractivity (Wildman–Crippen MR) is 100 cm³/mol. The molecule has 7 nitrogen and oxygen atoms in total. The summed E-state index contributed by atoms with van der Waals surface area (Å²) in [5.74, 6) is 1.56. The van der Waals surface area contributed by atoms with Crippen LogP contribution in [0.4, 0.5) is 10.7 Å². The molecular formula is C19H25N5O2. The number of nitrogens with one attached hydrogen (secondary N) is 1. The summed E-state index contributed by atoms with van der Waals surface area (Å²) in [6, 6.07) is 9.57. The quantitative estimate of drug-likeness (QED) is 0.891. The largest absolute Gasteiger partial charge is 0.491 e. The van der Waals surface area contributed by atoms with E-state index < -0.39 is 0 Å². The number of piperazine rings is 1. The Kier molecular flexibility index (Phi) is 5.88. The summed E-state index contributed by atoms with van der Waals surface area (Å²) in [5, 5.41) is 2.98. The molecule has 0 spiro atoms. The van der Waals surface area contributed by atoms with Gasteiger partial charge in [0.25, 0.3) is 0 Å². The van der Waals surface area contributed by atoms with E-state index in [0.717, 1.165) is 30.4 Å². The molecule has 0 bridgehead atoms. The predicted octanol–water partition coefficient (Wildman–Crippen LogP) is 2.30. The molecule has 1 N–H and O–H groups in total. The van der Waals surface area contributed by atoms with Crippen molar-refractivity contribution in [3.63, 3.8) is 0 Å². The zero-order valence-electron chi connectivity index (χ0n) is 15.3. The first-order chi connectivity index (χ1) is 12.6. The molecule has 0 saturated carbocycles. The molecular weight excluding hydrogens is 330 g/mol. The molecule has 3 rings (SSSR count). The summed E-state index contributed by atoms with van der Waals surface area (Å²) in [7, 11) is 0. The average Bonchev–Trinajstić information content (AvgIpc) is 2.67. The molecule has 2 amide bonds. The second-order valence-electron chi connectivity index (χ2n) is 6.49. The van der Waals surface area contributed by atoms with Crippen LogP contribution in [0.15, 0.2) is 42.7 Å². The van der Waals surface area contributed by atoms with Crippen LogP contribution in [0.25, 0.3) is 0 Å². The number of nitrogens with zero attached hydrogens (tertiary/aromatic N) is 4. The van der Waals surface area contributed by atoms with Crippen LogP contribution in [0, 0.1) is 0 Å². The van der Waals surface area contributed by atoms with E-state index in [0.29, 0.717) is 19.6 Å². The van der Waals surface area contributed by atoms with Crippen molar-refractivity contribution in [2.75, 3.05) is 31.1 Å². The standard InChI is InChI=1S/C19H25N5O2/c1-15(2)26-17-6-4-16(5-7-17)14-22-19(25)24-12-10-23(11-13-24)18-20-8-3-9-21-18/h3-9,15H,10-14H2,1-2H3,(H,22,25). The number of carbonyl (C=O) groups is 1. The summed E-state index contributed by atoms with van der Waals surface area (Å²) in [4.78, 5) is 24.8. The van der Waals surface area contributed by atoms with Crippen molar-refractivity contribution in [2.24, 2.45) is 0 Å². The van der Waals surface area contributed by atoms with Crippen molar-refractivity contribution in [1.82, 2.24) is 20.2 Å². The third-order valence-corrected chi connectivity index (χ3v) is 4.14. The molecule has 0 aliphatic carbocycles. The Hall–Kier alpha value is -2.83. The van der Waals surface area contributed by atoms with E-state index in [9.17, 15) is 4.79 Å². The van der Waals surface area contributed by atoms with Gasteiger partial charge >= 0.3 is 6.03 Å². The molecule has 26 heavy (non-hydrogen) atoms. The molecule has 7 heteroatoms. The Bertz CT molecular complexity index is 698. The maximum absolute atomic E-state index is 12.4. The molecule has 2 aromatic rings. The first kappa shape index (κ1) is 18.0. The van der Waals surface area contributed by atoms with Gasteiger partial charge in [0, 0.05) is 45.1 Å². The number of amides is 2. The van der Waals surface area contributed by atoms with Gasteiger partial charge in [-0.25, -0.2) is 14.8 Å². The van der Waals surface area contributed by atoms with Crippen molar-refractivity contribution >= 4 is 12.0 Å². The van der Waals surface area contributed by atoms with E-state index in [2.05, 4.69) is 20.2 Å². The lowest BCUT2D eigenvalue weighted by molar-refractivity contribution is 0.193. The summed E-state index contributed by atoms with van der Waals surface area (Å²) < 4.78 is 5.63. The average molecular weight is 355 g/mol. The number of hydrogen-bond acceptors (Lipinski definition) is 5. The Labute approximate surface area is 154 Å². The molecule has 1 aliphatic rings. The van der Waals surface area contributed by atoms with Gasteiger partial charge in [-0.15, -0.1) is 0 Å². The van der Waals surface area contributed by atoms with Crippen molar-refractivity contribution in [2.45, 2.75) is 26.5 Å². The van der Waals surface area contributed by atoms with Crippen molar-refractivity contribution in [3.8, 4) is 5.75 Å². The summed E-state index contributed by atoms with van der Waals surface area (Å²) >= 11 is 0.